The van der Waals surface area contributed by atoms with Crippen molar-refractivity contribution in [2.75, 3.05) is 13.2 Å². The molecule has 5 nitrogen and oxygen atoms in total. The minimum absolute atomic E-state index is 0.0885. The number of carbonyl (C=O) groups is 1. The number of hydrogen-bond acceptors (Lipinski definition) is 3. The van der Waals surface area contributed by atoms with Crippen LogP contribution in [0, 0.1) is 11.3 Å². The third-order valence-electron chi connectivity index (χ3n) is 6.18. The van der Waals surface area contributed by atoms with Crippen LogP contribution in [0.5, 0.6) is 0 Å². The number of rotatable bonds is 5. The van der Waals surface area contributed by atoms with E-state index in [9.17, 15) is 4.79 Å². The molecule has 4 unspecified atom stereocenters. The second-order valence-corrected chi connectivity index (χ2v) is 7.29. The van der Waals surface area contributed by atoms with Gasteiger partial charge >= 0.3 is 6.03 Å². The van der Waals surface area contributed by atoms with E-state index >= 15 is 0 Å². The normalized spacial score (nSPS) is 35.3. The average Bonchev–Trinajstić information content (AvgIpc) is 2.80. The molecule has 0 aromatic carbocycles. The summed E-state index contributed by atoms with van der Waals surface area (Å²) in [6.45, 7) is 4.96. The molecule has 5 heteroatoms. The molecule has 3 N–H and O–H groups in total. The van der Waals surface area contributed by atoms with Crippen molar-refractivity contribution in [3.63, 3.8) is 0 Å². The van der Waals surface area contributed by atoms with Gasteiger partial charge < -0.3 is 20.5 Å². The number of amides is 2. The summed E-state index contributed by atoms with van der Waals surface area (Å²) in [5.41, 5.74) is -0.112. The van der Waals surface area contributed by atoms with Gasteiger partial charge in [0.15, 0.2) is 0 Å². The number of nitrogens with one attached hydrogen (secondary N) is 2. The number of ether oxygens (including phenoxy) is 1. The largest absolute Gasteiger partial charge is 0.396 e. The quantitative estimate of drug-likeness (QED) is 0.724. The van der Waals surface area contributed by atoms with Crippen LogP contribution in [0.25, 0.3) is 0 Å². The summed E-state index contributed by atoms with van der Waals surface area (Å²) in [6.07, 6.45) is 6.46. The van der Waals surface area contributed by atoms with Crippen molar-refractivity contribution in [1.82, 2.24) is 10.6 Å². The van der Waals surface area contributed by atoms with Gasteiger partial charge in [0.1, 0.15) is 0 Å². The second-order valence-electron chi connectivity index (χ2n) is 7.29. The van der Waals surface area contributed by atoms with E-state index in [1.165, 1.54) is 19.3 Å². The van der Waals surface area contributed by atoms with Crippen LogP contribution in [0.2, 0.25) is 0 Å². The number of urea groups is 1. The fraction of sp³-hybridized carbons (Fsp3) is 0.938. The van der Waals surface area contributed by atoms with Gasteiger partial charge in [0.25, 0.3) is 0 Å². The molecule has 0 bridgehead atoms. The van der Waals surface area contributed by atoms with Gasteiger partial charge in [-0.3, -0.25) is 0 Å². The first-order valence-electron chi connectivity index (χ1n) is 8.36. The van der Waals surface area contributed by atoms with Gasteiger partial charge in [-0.15, -0.1) is 0 Å². The fourth-order valence-electron chi connectivity index (χ4n) is 4.48. The molecule has 1 heterocycles. The van der Waals surface area contributed by atoms with Crippen molar-refractivity contribution in [2.45, 2.75) is 70.1 Å². The van der Waals surface area contributed by atoms with Crippen molar-refractivity contribution in [2.24, 2.45) is 11.3 Å². The van der Waals surface area contributed by atoms with Crippen LogP contribution >= 0.6 is 0 Å². The average molecular weight is 296 g/mol. The van der Waals surface area contributed by atoms with Crippen molar-refractivity contribution < 1.29 is 14.6 Å². The molecule has 3 fully saturated rings. The van der Waals surface area contributed by atoms with E-state index in [0.717, 1.165) is 19.4 Å². The summed E-state index contributed by atoms with van der Waals surface area (Å²) in [6, 6.07) is 0.184. The maximum Gasteiger partial charge on any atom is 0.315 e. The monoisotopic (exact) mass is 296 g/mol. The van der Waals surface area contributed by atoms with Crippen LogP contribution in [-0.4, -0.2) is 42.0 Å². The lowest BCUT2D eigenvalue weighted by Crippen LogP contribution is -2.73. The highest BCUT2D eigenvalue weighted by molar-refractivity contribution is 5.75. The van der Waals surface area contributed by atoms with Crippen LogP contribution in [0.1, 0.15) is 52.4 Å². The first kappa shape index (κ1) is 15.1. The maximum absolute atomic E-state index is 12.4. The standard InChI is InChI=1S/C16H28N2O3/c1-3-15(2,8-9-19)18-14(20)17-12-11-5-10-21-13(11)16(12)6-4-7-16/h11-13,19H,3-10H2,1-2H3,(H2,17,18,20). The molecule has 2 aliphatic carbocycles. The van der Waals surface area contributed by atoms with Crippen LogP contribution in [0.15, 0.2) is 0 Å². The van der Waals surface area contributed by atoms with Gasteiger partial charge in [-0.2, -0.15) is 0 Å². The van der Waals surface area contributed by atoms with Crippen molar-refractivity contribution in [1.29, 1.82) is 0 Å². The maximum atomic E-state index is 12.4. The van der Waals surface area contributed by atoms with Gasteiger partial charge in [-0.25, -0.2) is 4.79 Å². The van der Waals surface area contributed by atoms with Crippen molar-refractivity contribution >= 4 is 6.03 Å². The summed E-state index contributed by atoms with van der Waals surface area (Å²) in [4.78, 5) is 12.4. The van der Waals surface area contributed by atoms with E-state index in [-0.39, 0.29) is 29.6 Å². The van der Waals surface area contributed by atoms with Gasteiger partial charge in [0, 0.05) is 36.1 Å². The molecule has 1 saturated heterocycles. The van der Waals surface area contributed by atoms with Crippen molar-refractivity contribution in [3.8, 4) is 0 Å². The summed E-state index contributed by atoms with van der Waals surface area (Å²) in [7, 11) is 0. The van der Waals surface area contributed by atoms with E-state index in [1.54, 1.807) is 0 Å². The minimum atomic E-state index is -0.332. The molecular weight excluding hydrogens is 268 g/mol. The van der Waals surface area contributed by atoms with E-state index in [2.05, 4.69) is 10.6 Å². The molecule has 2 amide bonds. The van der Waals surface area contributed by atoms with Crippen molar-refractivity contribution in [3.05, 3.63) is 0 Å². The summed E-state index contributed by atoms with van der Waals surface area (Å²) >= 11 is 0. The van der Waals surface area contributed by atoms with Gasteiger partial charge in [0.2, 0.25) is 0 Å². The molecule has 2 saturated carbocycles. The van der Waals surface area contributed by atoms with Crippen LogP contribution in [0.3, 0.4) is 0 Å². The molecule has 21 heavy (non-hydrogen) atoms. The van der Waals surface area contributed by atoms with Gasteiger partial charge in [0.05, 0.1) is 6.10 Å². The number of carbonyl (C=O) groups excluding carboxylic acids is 1. The Labute approximate surface area is 126 Å². The Morgan fingerprint density at radius 2 is 2.24 bits per heavy atom. The lowest BCUT2D eigenvalue weighted by molar-refractivity contribution is -0.172. The van der Waals surface area contributed by atoms with E-state index in [0.29, 0.717) is 18.4 Å². The Kier molecular flexibility index (Phi) is 3.91. The molecule has 0 aromatic heterocycles. The van der Waals surface area contributed by atoms with Crippen LogP contribution in [0.4, 0.5) is 4.79 Å². The molecule has 0 radical (unpaired) electrons. The Morgan fingerprint density at radius 3 is 2.81 bits per heavy atom. The van der Waals surface area contributed by atoms with E-state index in [4.69, 9.17) is 9.84 Å². The zero-order chi connectivity index (χ0) is 15.1. The highest BCUT2D eigenvalue weighted by Crippen LogP contribution is 2.62. The smallest absolute Gasteiger partial charge is 0.315 e. The Hall–Kier alpha value is -0.810. The zero-order valence-electron chi connectivity index (χ0n) is 13.2. The first-order valence-corrected chi connectivity index (χ1v) is 8.36. The highest BCUT2D eigenvalue weighted by atomic mass is 16.5. The molecular formula is C16H28N2O3. The van der Waals surface area contributed by atoms with E-state index in [1.807, 2.05) is 13.8 Å². The first-order chi connectivity index (χ1) is 10.0. The third kappa shape index (κ3) is 2.34. The number of aliphatic hydroxyl groups excluding tert-OH is 1. The number of aliphatic hydroxyl groups is 1. The molecule has 3 rings (SSSR count). The third-order valence-corrected chi connectivity index (χ3v) is 6.18. The lowest BCUT2D eigenvalue weighted by Gasteiger charge is -2.63. The zero-order valence-corrected chi connectivity index (χ0v) is 13.2. The molecule has 1 spiro atoms. The lowest BCUT2D eigenvalue weighted by atomic mass is 9.46. The topological polar surface area (TPSA) is 70.6 Å². The van der Waals surface area contributed by atoms with E-state index < -0.39 is 0 Å². The fourth-order valence-corrected chi connectivity index (χ4v) is 4.48. The van der Waals surface area contributed by atoms with Crippen LogP contribution < -0.4 is 10.6 Å². The summed E-state index contributed by atoms with van der Waals surface area (Å²) in [5.74, 6) is 0.502. The predicted molar refractivity (Wildman–Crippen MR) is 80.0 cm³/mol. The minimum Gasteiger partial charge on any atom is -0.396 e. The molecule has 1 aliphatic heterocycles. The SMILES string of the molecule is CCC(C)(CCO)NC(=O)NC1C2CCOC2C12CCC2. The molecule has 120 valence electrons. The Balaban J connectivity index is 1.60. The predicted octanol–water partition coefficient (Wildman–Crippen LogP) is 1.79. The number of fused-ring (bicyclic) bond motifs is 2. The summed E-state index contributed by atoms with van der Waals surface area (Å²) in [5, 5.41) is 15.4. The molecule has 0 aromatic rings. The van der Waals surface area contributed by atoms with Crippen LogP contribution in [-0.2, 0) is 4.74 Å². The molecule has 4 atom stereocenters. The summed E-state index contributed by atoms with van der Waals surface area (Å²) < 4.78 is 5.88. The van der Waals surface area contributed by atoms with Gasteiger partial charge in [-0.05, 0) is 39.0 Å². The number of hydrogen-bond donors (Lipinski definition) is 3. The van der Waals surface area contributed by atoms with Gasteiger partial charge in [-0.1, -0.05) is 13.3 Å². The second kappa shape index (κ2) is 5.43. The highest BCUT2D eigenvalue weighted by Gasteiger charge is 2.67. The Bertz CT molecular complexity index is 410. The molecule has 3 aliphatic rings. The Morgan fingerprint density at radius 1 is 1.48 bits per heavy atom.